The molecule has 4 heteroatoms. The molecule has 0 aromatic heterocycles. The highest BCUT2D eigenvalue weighted by Crippen LogP contribution is 2.63. The van der Waals surface area contributed by atoms with Gasteiger partial charge in [0.15, 0.2) is 0 Å². The summed E-state index contributed by atoms with van der Waals surface area (Å²) in [6.45, 7) is 21.8. The molecule has 8 rings (SSSR count). The monoisotopic (exact) mass is 833 g/mol. The zero-order valence-corrected chi connectivity index (χ0v) is 41.1. The molecule has 0 saturated heterocycles. The van der Waals surface area contributed by atoms with E-state index in [9.17, 15) is 0 Å². The van der Waals surface area contributed by atoms with Crippen LogP contribution >= 0.6 is 0 Å². The molecule has 0 aromatic rings. The lowest BCUT2D eigenvalue weighted by Gasteiger charge is -2.66. The molecule has 8 aliphatic rings. The number of ether oxygens (including phenoxy) is 2. The molecule has 0 amide bonds. The SMILES string of the molecule is CCCCOC1CC(N(C2CCC(C)CC2)C2CCC(C(C)C)CC2)C2CCC3C(OCCCC)CC(N(C4CCC(C)CC4)C4CCC(C(C)C)CC4)C4CCC1C2C34. The van der Waals surface area contributed by atoms with Gasteiger partial charge in [-0.05, 0) is 225 Å². The lowest BCUT2D eigenvalue weighted by molar-refractivity contribution is -0.212. The molecule has 0 bridgehead atoms. The zero-order valence-electron chi connectivity index (χ0n) is 41.1. The fraction of sp³-hybridized carbons (Fsp3) is 1.00. The van der Waals surface area contributed by atoms with Crippen molar-refractivity contribution in [2.24, 2.45) is 71.0 Å². The molecule has 8 saturated carbocycles. The molecule has 4 nitrogen and oxygen atoms in total. The van der Waals surface area contributed by atoms with Crippen LogP contribution < -0.4 is 0 Å². The van der Waals surface area contributed by atoms with Gasteiger partial charge in [0.2, 0.25) is 0 Å². The Morgan fingerprint density at radius 1 is 0.417 bits per heavy atom. The van der Waals surface area contributed by atoms with E-state index in [4.69, 9.17) is 9.47 Å². The summed E-state index contributed by atoms with van der Waals surface area (Å²) in [5, 5.41) is 0. The molecule has 0 N–H and O–H groups in total. The standard InChI is InChI=1S/C56H100N2O2/c1-9-11-33-59-53-35-51(57(43-21-13-39(7)14-22-43)45-25-17-41(18-26-45)37(3)4)47-30-32-50-54(60-34-12-10-2)36-52(48-29-31-49(53)55(47)56(48)50)58(44-23-15-40(8)16-24-44)46-27-19-42(20-28-46)38(5)6/h37-56H,9-36H2,1-8H3. The van der Waals surface area contributed by atoms with Crippen molar-refractivity contribution >= 4 is 0 Å². The Kier molecular flexibility index (Phi) is 16.6. The van der Waals surface area contributed by atoms with Crippen LogP contribution in [0.15, 0.2) is 0 Å². The maximum Gasteiger partial charge on any atom is 0.0621 e. The third kappa shape index (κ3) is 10.1. The fourth-order valence-corrected chi connectivity index (χ4v) is 17.0. The van der Waals surface area contributed by atoms with Gasteiger partial charge in [0, 0.05) is 49.5 Å². The van der Waals surface area contributed by atoms with E-state index >= 15 is 0 Å². The number of nitrogens with zero attached hydrogens (tertiary/aromatic N) is 2. The van der Waals surface area contributed by atoms with Gasteiger partial charge in [-0.15, -0.1) is 0 Å². The molecule has 0 aromatic carbocycles. The topological polar surface area (TPSA) is 24.9 Å². The van der Waals surface area contributed by atoms with Crippen LogP contribution in [0.5, 0.6) is 0 Å². The summed E-state index contributed by atoms with van der Waals surface area (Å²) in [7, 11) is 0. The minimum atomic E-state index is 0.460. The Labute approximate surface area is 373 Å². The number of hydrogen-bond donors (Lipinski definition) is 0. The molecule has 0 radical (unpaired) electrons. The van der Waals surface area contributed by atoms with Gasteiger partial charge in [-0.2, -0.15) is 0 Å². The Balaban J connectivity index is 1.15. The minimum Gasteiger partial charge on any atom is -0.378 e. The number of unbranched alkanes of at least 4 members (excludes halogenated alkanes) is 2. The van der Waals surface area contributed by atoms with Crippen molar-refractivity contribution in [3.63, 3.8) is 0 Å². The lowest BCUT2D eigenvalue weighted by Crippen LogP contribution is -2.68. The smallest absolute Gasteiger partial charge is 0.0621 e. The quantitative estimate of drug-likeness (QED) is 0.145. The van der Waals surface area contributed by atoms with E-state index in [-0.39, 0.29) is 0 Å². The van der Waals surface area contributed by atoms with E-state index in [0.29, 0.717) is 12.2 Å². The molecule has 10 unspecified atom stereocenters. The van der Waals surface area contributed by atoms with Crippen LogP contribution in [0.25, 0.3) is 0 Å². The first-order chi connectivity index (χ1) is 29.2. The molecular formula is C56H100N2O2. The highest BCUT2D eigenvalue weighted by Gasteiger charge is 2.62. The maximum atomic E-state index is 7.34. The Morgan fingerprint density at radius 2 is 0.733 bits per heavy atom. The molecule has 346 valence electrons. The highest BCUT2D eigenvalue weighted by atomic mass is 16.5. The molecule has 60 heavy (non-hydrogen) atoms. The molecular weight excluding hydrogens is 733 g/mol. The maximum absolute atomic E-state index is 7.34. The van der Waals surface area contributed by atoms with E-state index in [1.54, 1.807) is 0 Å². The van der Waals surface area contributed by atoms with Gasteiger partial charge >= 0.3 is 0 Å². The van der Waals surface area contributed by atoms with Crippen LogP contribution in [0.2, 0.25) is 0 Å². The lowest BCUT2D eigenvalue weighted by atomic mass is 9.45. The van der Waals surface area contributed by atoms with Crippen molar-refractivity contribution in [3.05, 3.63) is 0 Å². The highest BCUT2D eigenvalue weighted by molar-refractivity contribution is 5.13. The first-order valence-corrected chi connectivity index (χ1v) is 27.9. The van der Waals surface area contributed by atoms with E-state index in [0.717, 1.165) is 120 Å². The van der Waals surface area contributed by atoms with Crippen molar-refractivity contribution in [3.8, 4) is 0 Å². The van der Waals surface area contributed by atoms with E-state index in [1.165, 1.54) is 167 Å². The van der Waals surface area contributed by atoms with Crippen LogP contribution in [0, 0.1) is 71.0 Å². The Hall–Kier alpha value is -0.160. The van der Waals surface area contributed by atoms with Crippen LogP contribution in [0.4, 0.5) is 0 Å². The third-order valence-electron chi connectivity index (χ3n) is 20.4. The summed E-state index contributed by atoms with van der Waals surface area (Å²) in [6.07, 6.45) is 37.5. The second-order valence-electron chi connectivity index (χ2n) is 24.4. The van der Waals surface area contributed by atoms with Crippen LogP contribution in [0.1, 0.15) is 222 Å². The van der Waals surface area contributed by atoms with Gasteiger partial charge < -0.3 is 9.47 Å². The Bertz CT molecular complexity index is 1160. The minimum absolute atomic E-state index is 0.460. The average molecular weight is 833 g/mol. The zero-order chi connectivity index (χ0) is 41.9. The molecule has 8 fully saturated rings. The fourth-order valence-electron chi connectivity index (χ4n) is 17.0. The van der Waals surface area contributed by atoms with Crippen LogP contribution in [-0.4, -0.2) is 71.5 Å². The molecule has 10 atom stereocenters. The first kappa shape index (κ1) is 46.4. The largest absolute Gasteiger partial charge is 0.378 e. The Morgan fingerprint density at radius 3 is 1.05 bits per heavy atom. The van der Waals surface area contributed by atoms with E-state index < -0.39 is 0 Å². The van der Waals surface area contributed by atoms with Crippen molar-refractivity contribution in [1.82, 2.24) is 9.80 Å². The van der Waals surface area contributed by atoms with Gasteiger partial charge in [-0.1, -0.05) is 68.2 Å². The van der Waals surface area contributed by atoms with Gasteiger partial charge in [0.25, 0.3) is 0 Å². The van der Waals surface area contributed by atoms with E-state index in [2.05, 4.69) is 65.2 Å². The molecule has 0 aliphatic heterocycles. The summed E-state index contributed by atoms with van der Waals surface area (Å²) in [6, 6.07) is 4.63. The van der Waals surface area contributed by atoms with Crippen LogP contribution in [0.3, 0.4) is 0 Å². The number of rotatable bonds is 16. The molecule has 0 heterocycles. The predicted molar refractivity (Wildman–Crippen MR) is 253 cm³/mol. The summed E-state index contributed by atoms with van der Waals surface area (Å²) >= 11 is 0. The van der Waals surface area contributed by atoms with Crippen LogP contribution in [-0.2, 0) is 9.47 Å². The normalized spacial score (nSPS) is 45.0. The van der Waals surface area contributed by atoms with E-state index in [1.807, 2.05) is 0 Å². The third-order valence-corrected chi connectivity index (χ3v) is 20.4. The van der Waals surface area contributed by atoms with Crippen molar-refractivity contribution in [1.29, 1.82) is 0 Å². The molecule has 0 spiro atoms. The first-order valence-electron chi connectivity index (χ1n) is 27.9. The van der Waals surface area contributed by atoms with Gasteiger partial charge in [0.05, 0.1) is 12.2 Å². The van der Waals surface area contributed by atoms with Gasteiger partial charge in [0.1, 0.15) is 0 Å². The van der Waals surface area contributed by atoms with Gasteiger partial charge in [-0.3, -0.25) is 9.80 Å². The van der Waals surface area contributed by atoms with Crippen molar-refractivity contribution in [2.75, 3.05) is 13.2 Å². The second kappa shape index (κ2) is 21.4. The summed E-state index contributed by atoms with van der Waals surface area (Å²) in [4.78, 5) is 6.73. The van der Waals surface area contributed by atoms with Crippen molar-refractivity contribution in [2.45, 2.75) is 271 Å². The second-order valence-corrected chi connectivity index (χ2v) is 24.4. The summed E-state index contributed by atoms with van der Waals surface area (Å²) < 4.78 is 14.7. The van der Waals surface area contributed by atoms with Crippen molar-refractivity contribution < 1.29 is 9.47 Å². The van der Waals surface area contributed by atoms with Gasteiger partial charge in [-0.25, -0.2) is 0 Å². The summed E-state index contributed by atoms with van der Waals surface area (Å²) in [5.41, 5.74) is 0. The number of hydrogen-bond acceptors (Lipinski definition) is 4. The predicted octanol–water partition coefficient (Wildman–Crippen LogP) is 14.4. The summed E-state index contributed by atoms with van der Waals surface area (Å²) in [5.74, 6) is 10.3. The average Bonchev–Trinajstić information content (AvgIpc) is 3.26. The molecule has 8 aliphatic carbocycles.